The van der Waals surface area contributed by atoms with Gasteiger partial charge in [0, 0.05) is 6.54 Å². The fourth-order valence-corrected chi connectivity index (χ4v) is 1.78. The van der Waals surface area contributed by atoms with Gasteiger partial charge in [-0.1, -0.05) is 26.7 Å². The number of piperazine rings is 1. The average molecular weight is 212 g/mol. The van der Waals surface area contributed by atoms with Gasteiger partial charge in [-0.05, 0) is 12.8 Å². The molecular weight excluding hydrogens is 192 g/mol. The summed E-state index contributed by atoms with van der Waals surface area (Å²) >= 11 is 0. The lowest BCUT2D eigenvalue weighted by Crippen LogP contribution is -2.57. The van der Waals surface area contributed by atoms with Crippen LogP contribution in [0.15, 0.2) is 0 Å². The Hall–Kier alpha value is -0.900. The molecule has 0 aromatic carbocycles. The quantitative estimate of drug-likeness (QED) is 0.544. The van der Waals surface area contributed by atoms with Gasteiger partial charge in [-0.2, -0.15) is 0 Å². The molecule has 2 amide bonds. The van der Waals surface area contributed by atoms with Gasteiger partial charge >= 0.3 is 0 Å². The number of carbonyl (C=O) groups excluding carboxylic acids is 2. The topological polar surface area (TPSA) is 49.4 Å². The molecule has 0 aromatic heterocycles. The van der Waals surface area contributed by atoms with E-state index in [0.717, 1.165) is 25.7 Å². The van der Waals surface area contributed by atoms with Crippen molar-refractivity contribution in [3.63, 3.8) is 0 Å². The lowest BCUT2D eigenvalue weighted by Gasteiger charge is -2.31. The molecule has 86 valence electrons. The molecule has 0 radical (unpaired) electrons. The summed E-state index contributed by atoms with van der Waals surface area (Å²) in [6, 6.07) is -0.163. The molecule has 0 aromatic rings. The molecule has 1 atom stereocenters. The third-order valence-corrected chi connectivity index (χ3v) is 2.76. The Bertz CT molecular complexity index is 241. The van der Waals surface area contributed by atoms with Crippen molar-refractivity contribution in [3.8, 4) is 0 Å². The predicted molar refractivity (Wildman–Crippen MR) is 58.3 cm³/mol. The molecule has 4 nitrogen and oxygen atoms in total. The maximum Gasteiger partial charge on any atom is 0.246 e. The first kappa shape index (κ1) is 12.2. The summed E-state index contributed by atoms with van der Waals surface area (Å²) in [5, 5.41) is 2.95. The highest BCUT2D eigenvalue weighted by atomic mass is 16.2. The standard InChI is InChI=1S/C11H20N2O2/c1-3-5-6-7-13-10(14)8-12-9(4-2)11(13)15/h9,12H,3-8H2,1-2H3. The Balaban J connectivity index is 2.50. The number of hydrogen-bond acceptors (Lipinski definition) is 3. The van der Waals surface area contributed by atoms with Gasteiger partial charge in [-0.15, -0.1) is 0 Å². The van der Waals surface area contributed by atoms with Crippen LogP contribution in [0.25, 0.3) is 0 Å². The highest BCUT2D eigenvalue weighted by Gasteiger charge is 2.31. The first-order valence-corrected chi connectivity index (χ1v) is 5.78. The summed E-state index contributed by atoms with van der Waals surface area (Å²) in [5.41, 5.74) is 0. The second-order valence-corrected chi connectivity index (χ2v) is 3.93. The minimum atomic E-state index is -0.163. The zero-order chi connectivity index (χ0) is 11.3. The van der Waals surface area contributed by atoms with Crippen molar-refractivity contribution in [2.24, 2.45) is 0 Å². The monoisotopic (exact) mass is 212 g/mol. The second-order valence-electron chi connectivity index (χ2n) is 3.93. The Morgan fingerprint density at radius 3 is 2.67 bits per heavy atom. The lowest BCUT2D eigenvalue weighted by molar-refractivity contribution is -0.149. The number of nitrogens with one attached hydrogen (secondary N) is 1. The van der Waals surface area contributed by atoms with E-state index in [1.807, 2.05) is 6.92 Å². The van der Waals surface area contributed by atoms with Crippen molar-refractivity contribution in [2.45, 2.75) is 45.6 Å². The smallest absolute Gasteiger partial charge is 0.246 e. The van der Waals surface area contributed by atoms with Gasteiger partial charge in [0.05, 0.1) is 12.6 Å². The van der Waals surface area contributed by atoms with Gasteiger partial charge in [0.2, 0.25) is 11.8 Å². The van der Waals surface area contributed by atoms with Crippen molar-refractivity contribution < 1.29 is 9.59 Å². The summed E-state index contributed by atoms with van der Waals surface area (Å²) < 4.78 is 0. The van der Waals surface area contributed by atoms with E-state index in [1.54, 1.807) is 0 Å². The number of rotatable bonds is 5. The molecule has 0 bridgehead atoms. The minimum absolute atomic E-state index is 0.0511. The highest BCUT2D eigenvalue weighted by Crippen LogP contribution is 2.08. The molecule has 1 N–H and O–H groups in total. The van der Waals surface area contributed by atoms with Crippen molar-refractivity contribution in [3.05, 3.63) is 0 Å². The number of unbranched alkanes of at least 4 members (excludes halogenated alkanes) is 2. The van der Waals surface area contributed by atoms with E-state index in [2.05, 4.69) is 12.2 Å². The molecule has 15 heavy (non-hydrogen) atoms. The van der Waals surface area contributed by atoms with Gasteiger partial charge in [-0.3, -0.25) is 19.8 Å². The summed E-state index contributed by atoms with van der Waals surface area (Å²) in [5.74, 6) is -0.134. The first-order valence-electron chi connectivity index (χ1n) is 5.78. The van der Waals surface area contributed by atoms with Gasteiger partial charge in [0.25, 0.3) is 0 Å². The van der Waals surface area contributed by atoms with Crippen LogP contribution >= 0.6 is 0 Å². The molecule has 0 aliphatic carbocycles. The van der Waals surface area contributed by atoms with Gasteiger partial charge in [-0.25, -0.2) is 0 Å². The molecule has 1 aliphatic rings. The number of nitrogens with zero attached hydrogens (tertiary/aromatic N) is 1. The van der Waals surface area contributed by atoms with Crippen LogP contribution in [-0.2, 0) is 9.59 Å². The first-order chi connectivity index (χ1) is 7.20. The summed E-state index contributed by atoms with van der Waals surface area (Å²) in [6.07, 6.45) is 3.84. The zero-order valence-corrected chi connectivity index (χ0v) is 9.58. The molecular formula is C11H20N2O2. The van der Waals surface area contributed by atoms with Gasteiger partial charge in [0.1, 0.15) is 0 Å². The Morgan fingerprint density at radius 1 is 1.33 bits per heavy atom. The second kappa shape index (κ2) is 5.85. The van der Waals surface area contributed by atoms with Crippen molar-refractivity contribution in [1.82, 2.24) is 10.2 Å². The van der Waals surface area contributed by atoms with Crippen LogP contribution in [0.4, 0.5) is 0 Å². The van der Waals surface area contributed by atoms with E-state index < -0.39 is 0 Å². The zero-order valence-electron chi connectivity index (χ0n) is 9.58. The van der Waals surface area contributed by atoms with Crippen LogP contribution in [0.1, 0.15) is 39.5 Å². The van der Waals surface area contributed by atoms with E-state index in [1.165, 1.54) is 4.90 Å². The number of amides is 2. The van der Waals surface area contributed by atoms with Crippen molar-refractivity contribution >= 4 is 11.8 Å². The van der Waals surface area contributed by atoms with Crippen molar-refractivity contribution in [1.29, 1.82) is 0 Å². The Labute approximate surface area is 91.0 Å². The summed E-state index contributed by atoms with van der Waals surface area (Å²) in [6.45, 7) is 4.95. The molecule has 1 aliphatic heterocycles. The van der Waals surface area contributed by atoms with Crippen molar-refractivity contribution in [2.75, 3.05) is 13.1 Å². The van der Waals surface area contributed by atoms with Crippen LogP contribution in [-0.4, -0.2) is 35.8 Å². The molecule has 0 spiro atoms. The van der Waals surface area contributed by atoms with E-state index in [9.17, 15) is 9.59 Å². The fourth-order valence-electron chi connectivity index (χ4n) is 1.78. The normalized spacial score (nSPS) is 22.3. The van der Waals surface area contributed by atoms with Crippen LogP contribution in [0, 0.1) is 0 Å². The van der Waals surface area contributed by atoms with Crippen LogP contribution in [0.5, 0.6) is 0 Å². The lowest BCUT2D eigenvalue weighted by atomic mass is 10.1. The van der Waals surface area contributed by atoms with E-state index >= 15 is 0 Å². The SMILES string of the molecule is CCCCCN1C(=O)CNC(CC)C1=O. The molecule has 4 heteroatoms. The van der Waals surface area contributed by atoms with Crippen LogP contribution in [0.3, 0.4) is 0 Å². The molecule has 1 fully saturated rings. The highest BCUT2D eigenvalue weighted by molar-refractivity contribution is 6.01. The molecule has 1 unspecified atom stereocenters. The van der Waals surface area contributed by atoms with Gasteiger partial charge in [0.15, 0.2) is 0 Å². The van der Waals surface area contributed by atoms with Crippen LogP contribution in [0.2, 0.25) is 0 Å². The largest absolute Gasteiger partial charge is 0.297 e. The molecule has 1 rings (SSSR count). The Kier molecular flexibility index (Phi) is 4.75. The number of imide groups is 1. The third-order valence-electron chi connectivity index (χ3n) is 2.76. The molecule has 1 heterocycles. The maximum absolute atomic E-state index is 11.8. The fraction of sp³-hybridized carbons (Fsp3) is 0.818. The number of carbonyl (C=O) groups is 2. The maximum atomic E-state index is 11.8. The van der Waals surface area contributed by atoms with Crippen LogP contribution < -0.4 is 5.32 Å². The van der Waals surface area contributed by atoms with E-state index in [4.69, 9.17) is 0 Å². The summed E-state index contributed by atoms with van der Waals surface area (Å²) in [7, 11) is 0. The Morgan fingerprint density at radius 2 is 2.07 bits per heavy atom. The van der Waals surface area contributed by atoms with Gasteiger partial charge < -0.3 is 0 Å². The molecule has 0 saturated carbocycles. The summed E-state index contributed by atoms with van der Waals surface area (Å²) in [4.78, 5) is 24.7. The number of hydrogen-bond donors (Lipinski definition) is 1. The molecule has 1 saturated heterocycles. The average Bonchev–Trinajstić information content (AvgIpc) is 2.23. The minimum Gasteiger partial charge on any atom is -0.297 e. The third kappa shape index (κ3) is 3.02. The van der Waals surface area contributed by atoms with E-state index in [0.29, 0.717) is 13.1 Å². The van der Waals surface area contributed by atoms with E-state index in [-0.39, 0.29) is 17.9 Å². The predicted octanol–water partition coefficient (Wildman–Crippen LogP) is 0.914.